The molecule has 0 radical (unpaired) electrons. The van der Waals surface area contributed by atoms with Gasteiger partial charge in [-0.3, -0.25) is 14.4 Å². The van der Waals surface area contributed by atoms with E-state index >= 15 is 0 Å². The van der Waals surface area contributed by atoms with E-state index in [9.17, 15) is 22.8 Å². The fraction of sp³-hybridized carbons (Fsp3) is 0.333. The Morgan fingerprint density at radius 1 is 1.17 bits per heavy atom. The van der Waals surface area contributed by atoms with Gasteiger partial charge >= 0.3 is 5.97 Å². The Kier molecular flexibility index (Phi) is 7.23. The Labute approximate surface area is 168 Å². The van der Waals surface area contributed by atoms with Gasteiger partial charge in [0.05, 0.1) is 6.42 Å². The highest BCUT2D eigenvalue weighted by Gasteiger charge is 2.19. The lowest BCUT2D eigenvalue weighted by molar-refractivity contribution is -0.142. The van der Waals surface area contributed by atoms with Gasteiger partial charge in [-0.05, 0) is 31.2 Å². The molecule has 0 aliphatic carbocycles. The van der Waals surface area contributed by atoms with Crippen LogP contribution in [-0.2, 0) is 31.4 Å². The Balaban J connectivity index is 1.78. The zero-order valence-corrected chi connectivity index (χ0v) is 17.1. The van der Waals surface area contributed by atoms with E-state index in [1.165, 1.54) is 25.3 Å². The molecule has 0 spiro atoms. The summed E-state index contributed by atoms with van der Waals surface area (Å²) < 4.78 is 32.9. The van der Waals surface area contributed by atoms with E-state index in [4.69, 9.17) is 4.74 Å². The van der Waals surface area contributed by atoms with E-state index in [0.29, 0.717) is 17.1 Å². The maximum absolute atomic E-state index is 12.1. The van der Waals surface area contributed by atoms with Crippen LogP contribution < -0.4 is 10.0 Å². The number of aryl methyl sites for hydroxylation is 2. The summed E-state index contributed by atoms with van der Waals surface area (Å²) in [5.41, 5.74) is 0.861. The van der Waals surface area contributed by atoms with Gasteiger partial charge in [-0.1, -0.05) is 0 Å². The fourth-order valence-electron chi connectivity index (χ4n) is 2.26. The topological polar surface area (TPSA) is 136 Å². The molecule has 0 atom stereocenters. The van der Waals surface area contributed by atoms with Gasteiger partial charge in [0.15, 0.2) is 17.4 Å². The molecule has 156 valence electrons. The summed E-state index contributed by atoms with van der Waals surface area (Å²) in [6, 6.07) is 6.13. The Morgan fingerprint density at radius 3 is 2.38 bits per heavy atom. The average molecular weight is 422 g/mol. The van der Waals surface area contributed by atoms with Gasteiger partial charge in [0, 0.05) is 38.0 Å². The monoisotopic (exact) mass is 422 g/mol. The highest BCUT2D eigenvalue weighted by atomic mass is 32.2. The highest BCUT2D eigenvalue weighted by molar-refractivity contribution is 7.89. The second-order valence-corrected chi connectivity index (χ2v) is 7.94. The number of benzene rings is 1. The first-order chi connectivity index (χ1) is 13.6. The summed E-state index contributed by atoms with van der Waals surface area (Å²) in [5, 5.41) is 2.44. The number of amides is 1. The van der Waals surface area contributed by atoms with Crippen molar-refractivity contribution in [2.75, 3.05) is 18.5 Å². The second-order valence-electron chi connectivity index (χ2n) is 6.23. The number of imidazole rings is 1. The molecule has 1 amide bonds. The molecule has 0 saturated heterocycles. The largest absolute Gasteiger partial charge is 0.457 e. The van der Waals surface area contributed by atoms with Gasteiger partial charge in [-0.25, -0.2) is 18.1 Å². The standard InChI is InChI=1S/C18H22N4O6S/c1-12-20-17(10-22(12)3)29(26,27)19-9-8-18(25)28-11-16(24)14-4-6-15(7-5-14)21-13(2)23/h4-7,10,19H,8-9,11H2,1-3H3,(H,21,23). The second kappa shape index (κ2) is 9.43. The molecule has 2 aromatic rings. The Hall–Kier alpha value is -3.05. The van der Waals surface area contributed by atoms with Crippen LogP contribution in [0.15, 0.2) is 35.5 Å². The number of sulfonamides is 1. The average Bonchev–Trinajstić information content (AvgIpc) is 2.99. The van der Waals surface area contributed by atoms with E-state index in [2.05, 4.69) is 15.0 Å². The summed E-state index contributed by atoms with van der Waals surface area (Å²) in [7, 11) is -2.16. The summed E-state index contributed by atoms with van der Waals surface area (Å²) >= 11 is 0. The van der Waals surface area contributed by atoms with Crippen molar-refractivity contribution in [3.8, 4) is 0 Å². The number of nitrogens with one attached hydrogen (secondary N) is 2. The van der Waals surface area contributed by atoms with Crippen molar-refractivity contribution in [2.45, 2.75) is 25.3 Å². The molecular formula is C18H22N4O6S. The van der Waals surface area contributed by atoms with Crippen LogP contribution in [0.3, 0.4) is 0 Å². The lowest BCUT2D eigenvalue weighted by Crippen LogP contribution is -2.27. The fourth-order valence-corrected chi connectivity index (χ4v) is 3.33. The number of ether oxygens (including phenoxy) is 1. The molecular weight excluding hydrogens is 400 g/mol. The number of carbonyl (C=O) groups excluding carboxylic acids is 3. The number of carbonyl (C=O) groups is 3. The predicted octanol–water partition coefficient (Wildman–Crippen LogP) is 0.781. The van der Waals surface area contributed by atoms with Crippen LogP contribution in [0.5, 0.6) is 0 Å². The summed E-state index contributed by atoms with van der Waals surface area (Å²) in [4.78, 5) is 38.7. The smallest absolute Gasteiger partial charge is 0.307 e. The number of ketones is 1. The molecule has 29 heavy (non-hydrogen) atoms. The first kappa shape index (κ1) is 22.2. The van der Waals surface area contributed by atoms with Crippen molar-refractivity contribution < 1.29 is 27.5 Å². The number of aromatic nitrogens is 2. The normalized spacial score (nSPS) is 11.1. The lowest BCUT2D eigenvalue weighted by Gasteiger charge is -2.07. The summed E-state index contributed by atoms with van der Waals surface area (Å²) in [6.07, 6.45) is 1.13. The number of esters is 1. The van der Waals surface area contributed by atoms with Crippen LogP contribution in [0.2, 0.25) is 0 Å². The van der Waals surface area contributed by atoms with Crippen molar-refractivity contribution in [3.05, 3.63) is 41.9 Å². The maximum Gasteiger partial charge on any atom is 0.307 e. The van der Waals surface area contributed by atoms with E-state index in [1.807, 2.05) is 0 Å². The molecule has 0 aliphatic rings. The van der Waals surface area contributed by atoms with Gasteiger partial charge in [0.1, 0.15) is 5.82 Å². The number of anilines is 1. The third-order valence-corrected chi connectivity index (χ3v) is 5.21. The number of Topliss-reactive ketones (excluding diaryl/α,β-unsaturated/α-hetero) is 1. The minimum absolute atomic E-state index is 0.135. The minimum atomic E-state index is -3.83. The molecule has 11 heteroatoms. The Bertz CT molecular complexity index is 992. The quantitative estimate of drug-likeness (QED) is 0.450. The molecule has 0 bridgehead atoms. The van der Waals surface area contributed by atoms with Gasteiger partial charge in [-0.2, -0.15) is 0 Å². The third-order valence-electron chi connectivity index (χ3n) is 3.87. The van der Waals surface area contributed by atoms with Crippen molar-refractivity contribution in [1.82, 2.24) is 14.3 Å². The zero-order chi connectivity index (χ0) is 21.6. The number of hydrogen-bond donors (Lipinski definition) is 2. The SMILES string of the molecule is CC(=O)Nc1ccc(C(=O)COC(=O)CCNS(=O)(=O)c2cn(C)c(C)n2)cc1. The van der Waals surface area contributed by atoms with Crippen molar-refractivity contribution in [2.24, 2.45) is 7.05 Å². The first-order valence-corrected chi connectivity index (χ1v) is 10.1. The van der Waals surface area contributed by atoms with Gasteiger partial charge < -0.3 is 14.6 Å². The third kappa shape index (κ3) is 6.50. The Morgan fingerprint density at radius 2 is 1.83 bits per heavy atom. The molecule has 1 aromatic carbocycles. The van der Waals surface area contributed by atoms with Gasteiger partial charge in [0.25, 0.3) is 10.0 Å². The molecule has 0 fully saturated rings. The van der Waals surface area contributed by atoms with Gasteiger partial charge in [0.2, 0.25) is 5.91 Å². The van der Waals surface area contributed by atoms with E-state index in [-0.39, 0.29) is 23.9 Å². The van der Waals surface area contributed by atoms with Crippen LogP contribution >= 0.6 is 0 Å². The molecule has 2 N–H and O–H groups in total. The predicted molar refractivity (Wildman–Crippen MR) is 104 cm³/mol. The minimum Gasteiger partial charge on any atom is -0.457 e. The van der Waals surface area contributed by atoms with Crippen LogP contribution in [0, 0.1) is 6.92 Å². The number of nitrogens with zero attached hydrogens (tertiary/aromatic N) is 2. The van der Waals surface area contributed by atoms with Crippen LogP contribution in [-0.4, -0.2) is 48.8 Å². The zero-order valence-electron chi connectivity index (χ0n) is 16.3. The number of rotatable bonds is 9. The van der Waals surface area contributed by atoms with Crippen molar-refractivity contribution in [1.29, 1.82) is 0 Å². The molecule has 1 heterocycles. The molecule has 0 saturated carbocycles. The first-order valence-electron chi connectivity index (χ1n) is 8.64. The number of hydrogen-bond acceptors (Lipinski definition) is 7. The molecule has 1 aromatic heterocycles. The maximum atomic E-state index is 12.1. The van der Waals surface area contributed by atoms with Crippen LogP contribution in [0.1, 0.15) is 29.5 Å². The molecule has 0 aliphatic heterocycles. The van der Waals surface area contributed by atoms with E-state index in [0.717, 1.165) is 0 Å². The molecule has 10 nitrogen and oxygen atoms in total. The van der Waals surface area contributed by atoms with Crippen molar-refractivity contribution in [3.63, 3.8) is 0 Å². The van der Waals surface area contributed by atoms with E-state index in [1.54, 1.807) is 30.7 Å². The highest BCUT2D eigenvalue weighted by Crippen LogP contribution is 2.10. The molecule has 2 rings (SSSR count). The summed E-state index contributed by atoms with van der Waals surface area (Å²) in [5.74, 6) is -0.828. The van der Waals surface area contributed by atoms with Crippen LogP contribution in [0.25, 0.3) is 0 Å². The molecule has 0 unspecified atom stereocenters. The van der Waals surface area contributed by atoms with Crippen molar-refractivity contribution >= 4 is 33.4 Å². The van der Waals surface area contributed by atoms with Gasteiger partial charge in [-0.15, -0.1) is 0 Å². The van der Waals surface area contributed by atoms with Crippen LogP contribution in [0.4, 0.5) is 5.69 Å². The van der Waals surface area contributed by atoms with E-state index < -0.39 is 28.4 Å². The summed E-state index contributed by atoms with van der Waals surface area (Å²) in [6.45, 7) is 2.39. The lowest BCUT2D eigenvalue weighted by atomic mass is 10.1.